The molecule has 4 heterocycles. The van der Waals surface area contributed by atoms with E-state index in [1.54, 1.807) is 6.07 Å². The Morgan fingerprint density at radius 2 is 2.00 bits per heavy atom. The molecule has 0 aliphatic rings. The van der Waals surface area contributed by atoms with Crippen molar-refractivity contribution in [2.24, 2.45) is 5.92 Å². The number of nitrogens with one attached hydrogen (secondary N) is 1. The number of carbonyl (C=O) groups excluding carboxylic acids is 1. The first-order valence-corrected chi connectivity index (χ1v) is 10.6. The number of carbonyl (C=O) groups is 1. The molecule has 4 aromatic heterocycles. The molecule has 1 N–H and O–H groups in total. The van der Waals surface area contributed by atoms with E-state index in [-0.39, 0.29) is 24.1 Å². The number of amides is 1. The van der Waals surface area contributed by atoms with Gasteiger partial charge < -0.3 is 5.32 Å². The SMILES string of the molecule is CC(C)CC(NC(=O)Cn1nc(-c2cccs2)ccc1=O)c1nnc2ccccn12. The van der Waals surface area contributed by atoms with E-state index >= 15 is 0 Å². The van der Waals surface area contributed by atoms with E-state index in [1.807, 2.05) is 46.3 Å². The van der Waals surface area contributed by atoms with E-state index < -0.39 is 0 Å². The predicted molar refractivity (Wildman–Crippen MR) is 115 cm³/mol. The number of fused-ring (bicyclic) bond motifs is 1. The lowest BCUT2D eigenvalue weighted by Gasteiger charge is -2.19. The summed E-state index contributed by atoms with van der Waals surface area (Å²) in [6, 6.07) is 12.3. The molecule has 1 unspecified atom stereocenters. The molecule has 8 nitrogen and oxygen atoms in total. The van der Waals surface area contributed by atoms with Crippen LogP contribution >= 0.6 is 11.3 Å². The highest BCUT2D eigenvalue weighted by Gasteiger charge is 2.22. The third kappa shape index (κ3) is 4.30. The topological polar surface area (TPSA) is 94.2 Å². The van der Waals surface area contributed by atoms with Gasteiger partial charge in [0.2, 0.25) is 5.91 Å². The molecule has 4 aromatic rings. The Hall–Kier alpha value is -3.33. The van der Waals surface area contributed by atoms with Crippen molar-refractivity contribution in [3.63, 3.8) is 0 Å². The molecule has 30 heavy (non-hydrogen) atoms. The van der Waals surface area contributed by atoms with E-state index in [9.17, 15) is 9.59 Å². The molecule has 0 bridgehead atoms. The standard InChI is InChI=1S/C21H22N6O2S/c1-14(2)12-16(21-24-23-18-7-3-4-10-26(18)21)22-19(28)13-27-20(29)9-8-15(25-27)17-6-5-11-30-17/h3-11,14,16H,12-13H2,1-2H3,(H,22,28). The molecule has 0 fully saturated rings. The van der Waals surface area contributed by atoms with E-state index in [0.29, 0.717) is 23.9 Å². The molecule has 0 spiro atoms. The lowest BCUT2D eigenvalue weighted by Crippen LogP contribution is -2.36. The molecule has 154 valence electrons. The van der Waals surface area contributed by atoms with Crippen molar-refractivity contribution in [1.82, 2.24) is 29.7 Å². The summed E-state index contributed by atoms with van der Waals surface area (Å²) in [7, 11) is 0. The average molecular weight is 423 g/mol. The fourth-order valence-corrected chi connectivity index (χ4v) is 3.98. The zero-order chi connectivity index (χ0) is 21.1. The Morgan fingerprint density at radius 1 is 1.13 bits per heavy atom. The molecular weight excluding hydrogens is 400 g/mol. The molecule has 9 heteroatoms. The number of hydrogen-bond acceptors (Lipinski definition) is 6. The van der Waals surface area contributed by atoms with Gasteiger partial charge >= 0.3 is 0 Å². The third-order valence-electron chi connectivity index (χ3n) is 4.63. The van der Waals surface area contributed by atoms with Crippen LogP contribution in [0.5, 0.6) is 0 Å². The van der Waals surface area contributed by atoms with Gasteiger partial charge in [-0.15, -0.1) is 21.5 Å². The van der Waals surface area contributed by atoms with Gasteiger partial charge in [0.15, 0.2) is 11.5 Å². The van der Waals surface area contributed by atoms with Gasteiger partial charge in [0, 0.05) is 12.3 Å². The van der Waals surface area contributed by atoms with Crippen molar-refractivity contribution in [2.45, 2.75) is 32.9 Å². The third-order valence-corrected chi connectivity index (χ3v) is 5.52. The molecule has 4 rings (SSSR count). The minimum Gasteiger partial charge on any atom is -0.344 e. The van der Waals surface area contributed by atoms with E-state index in [2.05, 4.69) is 34.5 Å². The van der Waals surface area contributed by atoms with Gasteiger partial charge in [-0.05, 0) is 42.0 Å². The number of nitrogens with zero attached hydrogens (tertiary/aromatic N) is 5. The van der Waals surface area contributed by atoms with Crippen LogP contribution < -0.4 is 10.9 Å². The highest BCUT2D eigenvalue weighted by Crippen LogP contribution is 2.22. The van der Waals surface area contributed by atoms with Crippen LogP contribution in [0.4, 0.5) is 0 Å². The minimum atomic E-state index is -0.328. The van der Waals surface area contributed by atoms with Crippen LogP contribution in [0.3, 0.4) is 0 Å². The second kappa shape index (κ2) is 8.58. The van der Waals surface area contributed by atoms with E-state index in [4.69, 9.17) is 0 Å². The zero-order valence-electron chi connectivity index (χ0n) is 16.7. The highest BCUT2D eigenvalue weighted by molar-refractivity contribution is 7.13. The summed E-state index contributed by atoms with van der Waals surface area (Å²) in [5.74, 6) is 0.695. The van der Waals surface area contributed by atoms with Crippen molar-refractivity contribution in [1.29, 1.82) is 0 Å². The van der Waals surface area contributed by atoms with Crippen LogP contribution in [-0.2, 0) is 11.3 Å². The number of thiophene rings is 1. The van der Waals surface area contributed by atoms with Crippen molar-refractivity contribution >= 4 is 22.9 Å². The molecule has 0 saturated carbocycles. The van der Waals surface area contributed by atoms with Crippen molar-refractivity contribution in [2.75, 3.05) is 0 Å². The van der Waals surface area contributed by atoms with Gasteiger partial charge in [-0.25, -0.2) is 4.68 Å². The molecule has 0 aliphatic heterocycles. The Labute approximate surface area is 177 Å². The number of hydrogen-bond donors (Lipinski definition) is 1. The second-order valence-electron chi connectivity index (χ2n) is 7.43. The van der Waals surface area contributed by atoms with Crippen LogP contribution in [0.1, 0.15) is 32.1 Å². The van der Waals surface area contributed by atoms with Crippen LogP contribution in [0.2, 0.25) is 0 Å². The van der Waals surface area contributed by atoms with E-state index in [0.717, 1.165) is 10.5 Å². The quantitative estimate of drug-likeness (QED) is 0.494. The molecule has 1 atom stereocenters. The Morgan fingerprint density at radius 3 is 2.77 bits per heavy atom. The first-order valence-electron chi connectivity index (χ1n) is 9.72. The predicted octanol–water partition coefficient (Wildman–Crippen LogP) is 2.92. The van der Waals surface area contributed by atoms with Gasteiger partial charge in [0.1, 0.15) is 12.2 Å². The molecule has 0 saturated heterocycles. The maximum absolute atomic E-state index is 12.8. The van der Waals surface area contributed by atoms with Crippen molar-refractivity contribution in [3.8, 4) is 10.6 Å². The summed E-state index contributed by atoms with van der Waals surface area (Å²) in [5, 5.41) is 17.8. The van der Waals surface area contributed by atoms with Gasteiger partial charge in [-0.2, -0.15) is 5.10 Å². The minimum absolute atomic E-state index is 0.163. The molecule has 0 aromatic carbocycles. The second-order valence-corrected chi connectivity index (χ2v) is 8.38. The largest absolute Gasteiger partial charge is 0.344 e. The molecule has 0 aliphatic carbocycles. The maximum atomic E-state index is 12.8. The summed E-state index contributed by atoms with van der Waals surface area (Å²) >= 11 is 1.53. The summed E-state index contributed by atoms with van der Waals surface area (Å²) in [5.41, 5.74) is 1.07. The fraction of sp³-hybridized carbons (Fsp3) is 0.286. The average Bonchev–Trinajstić information content (AvgIpc) is 3.39. The Bertz CT molecular complexity index is 1210. The first-order chi connectivity index (χ1) is 14.5. The number of rotatable bonds is 7. The van der Waals surface area contributed by atoms with Crippen LogP contribution in [0.15, 0.2) is 58.8 Å². The Balaban J connectivity index is 1.56. The fourth-order valence-electron chi connectivity index (χ4n) is 3.29. The summed E-state index contributed by atoms with van der Waals surface area (Å²) in [6.07, 6.45) is 2.57. The summed E-state index contributed by atoms with van der Waals surface area (Å²) in [6.45, 7) is 4.00. The van der Waals surface area contributed by atoms with Gasteiger partial charge in [0.05, 0.1) is 10.9 Å². The number of pyridine rings is 1. The van der Waals surface area contributed by atoms with Gasteiger partial charge in [-0.1, -0.05) is 26.0 Å². The normalized spacial score (nSPS) is 12.4. The maximum Gasteiger partial charge on any atom is 0.267 e. The first kappa shape index (κ1) is 20.0. The van der Waals surface area contributed by atoms with Crippen LogP contribution in [-0.4, -0.2) is 30.3 Å². The number of aromatic nitrogens is 5. The lowest BCUT2D eigenvalue weighted by atomic mass is 10.0. The molecule has 0 radical (unpaired) electrons. The van der Waals surface area contributed by atoms with Gasteiger partial charge in [-0.3, -0.25) is 14.0 Å². The monoisotopic (exact) mass is 422 g/mol. The molecule has 1 amide bonds. The van der Waals surface area contributed by atoms with Crippen LogP contribution in [0, 0.1) is 5.92 Å². The summed E-state index contributed by atoms with van der Waals surface area (Å²) < 4.78 is 3.06. The van der Waals surface area contributed by atoms with E-state index in [1.165, 1.54) is 22.1 Å². The van der Waals surface area contributed by atoms with Crippen molar-refractivity contribution in [3.05, 3.63) is 70.2 Å². The smallest absolute Gasteiger partial charge is 0.267 e. The van der Waals surface area contributed by atoms with Crippen LogP contribution in [0.25, 0.3) is 16.2 Å². The summed E-state index contributed by atoms with van der Waals surface area (Å²) in [4.78, 5) is 26.0. The highest BCUT2D eigenvalue weighted by atomic mass is 32.1. The molecular formula is C21H22N6O2S. The van der Waals surface area contributed by atoms with Crippen molar-refractivity contribution < 1.29 is 4.79 Å². The van der Waals surface area contributed by atoms with Gasteiger partial charge in [0.25, 0.3) is 5.56 Å². The Kier molecular flexibility index (Phi) is 5.71. The lowest BCUT2D eigenvalue weighted by molar-refractivity contribution is -0.122. The zero-order valence-corrected chi connectivity index (χ0v) is 17.5.